The van der Waals surface area contributed by atoms with E-state index in [1.54, 1.807) is 0 Å². The van der Waals surface area contributed by atoms with Gasteiger partial charge < -0.3 is 29.4 Å². The molecule has 30 heavy (non-hydrogen) atoms. The van der Waals surface area contributed by atoms with E-state index < -0.39 is 70.8 Å². The number of phosphoric ester groups is 1. The Kier molecular flexibility index (Phi) is 7.69. The standard InChI is InChI=1S/C9H13F2N2O13P3S/c10-3-1-13(9(15)12-7(3)30)8-6(14)5(11)4(24-8)2-23-28(19,20)26-29(21,22)25-27(16,17)18/h1,4-6,8,14H,2H2,(H,19,20)(H,21,22)(H,12,15,30)(H2,16,17,18). The monoisotopic (exact) mass is 520 g/mol. The summed E-state index contributed by atoms with van der Waals surface area (Å²) in [6.45, 7) is -1.22. The van der Waals surface area contributed by atoms with Crippen molar-refractivity contribution in [2.45, 2.75) is 24.6 Å². The molecule has 0 spiro atoms. The molecule has 15 nitrogen and oxygen atoms in total. The lowest BCUT2D eigenvalue weighted by atomic mass is 10.1. The van der Waals surface area contributed by atoms with Crippen molar-refractivity contribution in [3.63, 3.8) is 0 Å². The molecule has 0 aliphatic carbocycles. The summed E-state index contributed by atoms with van der Waals surface area (Å²) in [5, 5.41) is 9.88. The van der Waals surface area contributed by atoms with Gasteiger partial charge in [0.2, 0.25) is 0 Å². The smallest absolute Gasteiger partial charge is 0.385 e. The molecule has 6 N–H and O–H groups in total. The van der Waals surface area contributed by atoms with Crippen LogP contribution in [0.3, 0.4) is 0 Å². The van der Waals surface area contributed by atoms with Crippen LogP contribution in [0.4, 0.5) is 8.78 Å². The normalized spacial score (nSPS) is 28.8. The predicted octanol–water partition coefficient (Wildman–Crippen LogP) is -0.0153. The Bertz CT molecular complexity index is 1060. The zero-order chi connectivity index (χ0) is 23.1. The number of nitrogens with zero attached hydrogens (tertiary/aromatic N) is 1. The van der Waals surface area contributed by atoms with Gasteiger partial charge in [-0.05, 0) is 0 Å². The molecule has 1 aromatic heterocycles. The number of ether oxygens (including phenoxy) is 1. The fourth-order valence-corrected chi connectivity index (χ4v) is 5.36. The molecule has 1 aliphatic heterocycles. The number of aromatic amines is 1. The highest BCUT2D eigenvalue weighted by atomic mass is 32.1. The fraction of sp³-hybridized carbons (Fsp3) is 0.556. The number of alkyl halides is 1. The largest absolute Gasteiger partial charge is 0.490 e. The van der Waals surface area contributed by atoms with Crippen LogP contribution in [0, 0.1) is 10.5 Å². The summed E-state index contributed by atoms with van der Waals surface area (Å²) in [4.78, 5) is 48.9. The van der Waals surface area contributed by atoms with Gasteiger partial charge in [-0.1, -0.05) is 12.2 Å². The third-order valence-electron chi connectivity index (χ3n) is 3.30. The molecule has 1 fully saturated rings. The van der Waals surface area contributed by atoms with Crippen LogP contribution in [0.25, 0.3) is 0 Å². The lowest BCUT2D eigenvalue weighted by molar-refractivity contribution is -0.0535. The van der Waals surface area contributed by atoms with Crippen molar-refractivity contribution in [3.05, 3.63) is 27.1 Å². The number of H-pyrrole nitrogens is 1. The Morgan fingerprint density at radius 3 is 2.37 bits per heavy atom. The van der Waals surface area contributed by atoms with E-state index in [1.807, 2.05) is 4.98 Å². The van der Waals surface area contributed by atoms with Gasteiger partial charge in [-0.15, -0.1) is 0 Å². The zero-order valence-electron chi connectivity index (χ0n) is 14.0. The van der Waals surface area contributed by atoms with E-state index in [2.05, 4.69) is 25.4 Å². The summed E-state index contributed by atoms with van der Waals surface area (Å²) in [7, 11) is -17.0. The number of aliphatic hydroxyl groups is 1. The first kappa shape index (κ1) is 25.5. The summed E-state index contributed by atoms with van der Waals surface area (Å²) in [6.07, 6.45) is -7.61. The minimum absolute atomic E-state index is 0.424. The van der Waals surface area contributed by atoms with Crippen molar-refractivity contribution in [2.24, 2.45) is 0 Å². The summed E-state index contributed by atoms with van der Waals surface area (Å²) in [5.41, 5.74) is -1.08. The van der Waals surface area contributed by atoms with Crippen LogP contribution < -0.4 is 5.69 Å². The fourth-order valence-electron chi connectivity index (χ4n) is 2.19. The first-order valence-electron chi connectivity index (χ1n) is 7.28. The van der Waals surface area contributed by atoms with Crippen molar-refractivity contribution in [3.8, 4) is 0 Å². The SMILES string of the molecule is O=c1[nH]c(=S)c(F)cn1C1OC(COP(=O)(O)OP(=O)(O)OP(=O)(O)O)C(F)C1O. The average Bonchev–Trinajstić information content (AvgIpc) is 2.81. The Morgan fingerprint density at radius 2 is 1.80 bits per heavy atom. The quantitative estimate of drug-likeness (QED) is 0.196. The number of hydrogen-bond acceptors (Lipinski definition) is 10. The average molecular weight is 520 g/mol. The Hall–Kier alpha value is -0.710. The molecular weight excluding hydrogens is 507 g/mol. The van der Waals surface area contributed by atoms with E-state index in [1.165, 1.54) is 0 Å². The molecule has 0 amide bonds. The highest BCUT2D eigenvalue weighted by Gasteiger charge is 2.47. The molecule has 0 bridgehead atoms. The summed E-state index contributed by atoms with van der Waals surface area (Å²) >= 11 is 4.49. The van der Waals surface area contributed by atoms with Gasteiger partial charge in [-0.2, -0.15) is 8.62 Å². The molecule has 2 heterocycles. The molecule has 21 heteroatoms. The maximum Gasteiger partial charge on any atom is 0.490 e. The number of halogens is 2. The van der Waals surface area contributed by atoms with Gasteiger partial charge in [0.1, 0.15) is 16.8 Å². The van der Waals surface area contributed by atoms with Crippen molar-refractivity contribution < 1.29 is 65.0 Å². The van der Waals surface area contributed by atoms with Gasteiger partial charge in [0.05, 0.1) is 12.8 Å². The van der Waals surface area contributed by atoms with Crippen LogP contribution in [0.15, 0.2) is 11.0 Å². The number of aliphatic hydroxyl groups excluding tert-OH is 1. The number of phosphoric acid groups is 3. The molecule has 0 radical (unpaired) electrons. The second-order valence-electron chi connectivity index (χ2n) is 5.53. The van der Waals surface area contributed by atoms with E-state index >= 15 is 0 Å². The number of nitrogens with one attached hydrogen (secondary N) is 1. The molecule has 1 aliphatic rings. The highest BCUT2D eigenvalue weighted by molar-refractivity contribution is 7.71. The minimum Gasteiger partial charge on any atom is -0.385 e. The predicted molar refractivity (Wildman–Crippen MR) is 90.5 cm³/mol. The first-order chi connectivity index (χ1) is 13.5. The van der Waals surface area contributed by atoms with Crippen LogP contribution in [-0.4, -0.2) is 59.2 Å². The zero-order valence-corrected chi connectivity index (χ0v) is 17.5. The van der Waals surface area contributed by atoms with Crippen molar-refractivity contribution in [2.75, 3.05) is 6.61 Å². The molecule has 1 aromatic rings. The maximum absolute atomic E-state index is 14.2. The Labute approximate surface area is 169 Å². The molecular formula is C9H13F2N2O13P3S. The third-order valence-corrected chi connectivity index (χ3v) is 7.40. The number of hydrogen-bond donors (Lipinski definition) is 6. The summed E-state index contributed by atoms with van der Waals surface area (Å²) < 4.78 is 77.1. The van der Waals surface area contributed by atoms with Gasteiger partial charge in [0.25, 0.3) is 0 Å². The Morgan fingerprint density at radius 1 is 1.20 bits per heavy atom. The maximum atomic E-state index is 14.2. The number of rotatable bonds is 8. The Balaban J connectivity index is 2.09. The molecule has 6 atom stereocenters. The van der Waals surface area contributed by atoms with Gasteiger partial charge >= 0.3 is 29.2 Å². The van der Waals surface area contributed by atoms with Crippen molar-refractivity contribution in [1.82, 2.24) is 9.55 Å². The van der Waals surface area contributed by atoms with Gasteiger partial charge in [0, 0.05) is 0 Å². The molecule has 6 unspecified atom stereocenters. The van der Waals surface area contributed by atoms with Crippen LogP contribution in [0.5, 0.6) is 0 Å². The molecule has 0 aromatic carbocycles. The second-order valence-corrected chi connectivity index (χ2v) is 10.4. The van der Waals surface area contributed by atoms with Crippen molar-refractivity contribution >= 4 is 35.7 Å². The van der Waals surface area contributed by atoms with E-state index in [-0.39, 0.29) is 0 Å². The van der Waals surface area contributed by atoms with Gasteiger partial charge in [-0.3, -0.25) is 14.1 Å². The topological polar surface area (TPSA) is 227 Å². The second kappa shape index (κ2) is 9.03. The highest BCUT2D eigenvalue weighted by Crippen LogP contribution is 2.66. The number of aromatic nitrogens is 2. The van der Waals surface area contributed by atoms with Crippen molar-refractivity contribution in [1.29, 1.82) is 0 Å². The van der Waals surface area contributed by atoms with Crippen LogP contribution in [0.2, 0.25) is 0 Å². The molecule has 0 saturated carbocycles. The van der Waals surface area contributed by atoms with E-state index in [0.717, 1.165) is 0 Å². The van der Waals surface area contributed by atoms with Crippen LogP contribution >= 0.6 is 35.7 Å². The van der Waals surface area contributed by atoms with Crippen LogP contribution in [-0.2, 0) is 31.6 Å². The van der Waals surface area contributed by atoms with E-state index in [0.29, 0.717) is 10.8 Å². The van der Waals surface area contributed by atoms with Crippen LogP contribution in [0.1, 0.15) is 6.23 Å². The third kappa shape index (κ3) is 6.64. The van der Waals surface area contributed by atoms with Gasteiger partial charge in [0.15, 0.2) is 18.2 Å². The minimum atomic E-state index is -5.79. The molecule has 172 valence electrons. The lowest BCUT2D eigenvalue weighted by Crippen LogP contribution is -2.34. The molecule has 2 rings (SSSR count). The van der Waals surface area contributed by atoms with E-state index in [4.69, 9.17) is 19.4 Å². The summed E-state index contributed by atoms with van der Waals surface area (Å²) in [5.74, 6) is -1.10. The first-order valence-corrected chi connectivity index (χ1v) is 12.2. The lowest BCUT2D eigenvalue weighted by Gasteiger charge is -2.19. The van der Waals surface area contributed by atoms with Gasteiger partial charge in [-0.25, -0.2) is 27.3 Å². The van der Waals surface area contributed by atoms with E-state index in [9.17, 15) is 37.3 Å². The summed E-state index contributed by atoms with van der Waals surface area (Å²) in [6, 6.07) is 0. The molecule has 1 saturated heterocycles.